The third kappa shape index (κ3) is 2.82. The van der Waals surface area contributed by atoms with Crippen LogP contribution >= 0.6 is 0 Å². The van der Waals surface area contributed by atoms with Gasteiger partial charge in [-0.1, -0.05) is 83.2 Å². The smallest absolute Gasteiger partial charge is 0.178 e. The third-order valence-electron chi connectivity index (χ3n) is 7.90. The molecular weight excluding hydrogens is 404 g/mol. The molecule has 2 aliphatic heterocycles. The molecule has 0 N–H and O–H groups in total. The molecule has 3 atom stereocenters. The largest absolute Gasteiger partial charge is 0.325 e. The molecule has 168 valence electrons. The maximum Gasteiger partial charge on any atom is 0.178 e. The highest BCUT2D eigenvalue weighted by atomic mass is 15.5. The molecule has 3 unspecified atom stereocenters. The van der Waals surface area contributed by atoms with Gasteiger partial charge in [-0.2, -0.15) is 0 Å². The maximum atomic E-state index is 5.20. The Bertz CT molecular complexity index is 1310. The molecule has 0 fully saturated rings. The van der Waals surface area contributed by atoms with Crippen LogP contribution in [0.2, 0.25) is 0 Å². The Morgan fingerprint density at radius 2 is 1.64 bits per heavy atom. The fourth-order valence-corrected chi connectivity index (χ4v) is 5.90. The molecule has 0 radical (unpaired) electrons. The van der Waals surface area contributed by atoms with E-state index in [0.717, 1.165) is 35.5 Å². The minimum Gasteiger partial charge on any atom is -0.325 e. The number of hydrogen-bond acceptors (Lipinski definition) is 4. The number of rotatable bonds is 2. The number of anilines is 3. The first kappa shape index (κ1) is 20.5. The number of para-hydroxylation sites is 3. The fraction of sp³-hybridized carbons (Fsp3) is 0.379. The number of aromatic nitrogens is 2. The second kappa shape index (κ2) is 6.93. The van der Waals surface area contributed by atoms with Crippen LogP contribution in [0.3, 0.4) is 0 Å². The molecule has 0 amide bonds. The van der Waals surface area contributed by atoms with Gasteiger partial charge in [-0.15, -0.1) is 0 Å². The van der Waals surface area contributed by atoms with E-state index in [1.165, 1.54) is 16.8 Å². The van der Waals surface area contributed by atoms with Crippen molar-refractivity contribution in [2.75, 3.05) is 9.80 Å². The highest BCUT2D eigenvalue weighted by Crippen LogP contribution is 2.58. The van der Waals surface area contributed by atoms with Gasteiger partial charge < -0.3 is 9.80 Å². The molecule has 3 aromatic rings. The van der Waals surface area contributed by atoms with Gasteiger partial charge in [-0.05, 0) is 47.6 Å². The van der Waals surface area contributed by atoms with E-state index >= 15 is 0 Å². The van der Waals surface area contributed by atoms with Crippen molar-refractivity contribution in [2.45, 2.75) is 65.1 Å². The fourth-order valence-electron chi connectivity index (χ4n) is 5.90. The number of fused-ring (bicyclic) bond motifs is 6. The molecule has 2 aromatic carbocycles. The van der Waals surface area contributed by atoms with E-state index in [1.807, 2.05) is 12.1 Å². The summed E-state index contributed by atoms with van der Waals surface area (Å²) in [6.45, 7) is 11.6. The Kier molecular flexibility index (Phi) is 4.30. The zero-order chi connectivity index (χ0) is 23.0. The van der Waals surface area contributed by atoms with E-state index in [2.05, 4.69) is 99.0 Å². The summed E-state index contributed by atoms with van der Waals surface area (Å²) in [6.07, 6.45) is 9.34. The van der Waals surface area contributed by atoms with E-state index in [-0.39, 0.29) is 23.0 Å². The summed E-state index contributed by atoms with van der Waals surface area (Å²) >= 11 is 0. The summed E-state index contributed by atoms with van der Waals surface area (Å²) in [6, 6.07) is 17.4. The Balaban J connectivity index is 1.55. The summed E-state index contributed by atoms with van der Waals surface area (Å²) in [5.74, 6) is 2.00. The first-order valence-electron chi connectivity index (χ1n) is 12.2. The van der Waals surface area contributed by atoms with Crippen LogP contribution in [-0.2, 0) is 5.41 Å². The normalized spacial score (nSPS) is 25.8. The summed E-state index contributed by atoms with van der Waals surface area (Å²) in [4.78, 5) is 15.4. The molecule has 0 spiro atoms. The number of allylic oxidation sites excluding steroid dienone is 2. The highest BCUT2D eigenvalue weighted by molar-refractivity contribution is 5.90. The van der Waals surface area contributed by atoms with Gasteiger partial charge in [0.15, 0.2) is 11.6 Å². The van der Waals surface area contributed by atoms with Crippen molar-refractivity contribution in [1.82, 2.24) is 9.97 Å². The lowest BCUT2D eigenvalue weighted by Crippen LogP contribution is -2.53. The molecule has 6 rings (SSSR count). The van der Waals surface area contributed by atoms with Gasteiger partial charge >= 0.3 is 0 Å². The van der Waals surface area contributed by atoms with E-state index in [1.54, 1.807) is 0 Å². The Morgan fingerprint density at radius 1 is 0.970 bits per heavy atom. The minimum absolute atomic E-state index is 0.0208. The lowest BCUT2D eigenvalue weighted by Gasteiger charge is -2.42. The topological polar surface area (TPSA) is 32.3 Å². The molecule has 0 saturated carbocycles. The zero-order valence-corrected chi connectivity index (χ0v) is 20.2. The van der Waals surface area contributed by atoms with Crippen molar-refractivity contribution in [3.05, 3.63) is 77.9 Å². The van der Waals surface area contributed by atoms with E-state index in [9.17, 15) is 0 Å². The van der Waals surface area contributed by atoms with Crippen LogP contribution in [-0.4, -0.2) is 22.2 Å². The van der Waals surface area contributed by atoms with E-state index < -0.39 is 0 Å². The standard InChI is InChI=1S/C29H32N4/c1-6-29(5)21-11-7-10-14-24(21)33-26-25(30-22-12-8-9-13-23(22)31-26)32(27(29)33)20-17-15-19(16-18-20)28(2,3)4/h7-17,20,27H,6,18H2,1-5H3. The first-order chi connectivity index (χ1) is 15.8. The summed E-state index contributed by atoms with van der Waals surface area (Å²) in [5.41, 5.74) is 6.14. The molecule has 3 aliphatic rings. The molecule has 0 saturated heterocycles. The van der Waals surface area contributed by atoms with Gasteiger partial charge in [0.05, 0.1) is 17.1 Å². The molecule has 33 heavy (non-hydrogen) atoms. The number of hydrogen-bond donors (Lipinski definition) is 0. The van der Waals surface area contributed by atoms with Gasteiger partial charge in [0, 0.05) is 11.1 Å². The predicted molar refractivity (Wildman–Crippen MR) is 137 cm³/mol. The van der Waals surface area contributed by atoms with Crippen molar-refractivity contribution in [1.29, 1.82) is 0 Å². The average Bonchev–Trinajstić information content (AvgIpc) is 3.28. The Hall–Kier alpha value is -3.14. The second-order valence-corrected chi connectivity index (χ2v) is 10.9. The molecule has 0 bridgehead atoms. The molecule has 1 aromatic heterocycles. The van der Waals surface area contributed by atoms with E-state index in [0.29, 0.717) is 0 Å². The van der Waals surface area contributed by atoms with Gasteiger partial charge in [0.1, 0.15) is 6.17 Å². The van der Waals surface area contributed by atoms with Crippen LogP contribution < -0.4 is 9.80 Å². The molecule has 3 heterocycles. The quantitative estimate of drug-likeness (QED) is 0.437. The van der Waals surface area contributed by atoms with Crippen LogP contribution in [0, 0.1) is 5.41 Å². The molecule has 1 aliphatic carbocycles. The maximum absolute atomic E-state index is 5.20. The van der Waals surface area contributed by atoms with Gasteiger partial charge in [0.2, 0.25) is 0 Å². The van der Waals surface area contributed by atoms with Crippen molar-refractivity contribution in [3.8, 4) is 0 Å². The van der Waals surface area contributed by atoms with Gasteiger partial charge in [-0.3, -0.25) is 0 Å². The molecule has 4 heteroatoms. The minimum atomic E-state index is -0.0208. The van der Waals surface area contributed by atoms with E-state index in [4.69, 9.17) is 9.97 Å². The zero-order valence-electron chi connectivity index (χ0n) is 20.2. The monoisotopic (exact) mass is 436 g/mol. The van der Waals surface area contributed by atoms with Crippen LogP contribution in [0.5, 0.6) is 0 Å². The van der Waals surface area contributed by atoms with Gasteiger partial charge in [0.25, 0.3) is 0 Å². The Morgan fingerprint density at radius 3 is 2.27 bits per heavy atom. The van der Waals surface area contributed by atoms with Crippen LogP contribution in [0.25, 0.3) is 11.0 Å². The second-order valence-electron chi connectivity index (χ2n) is 10.9. The molecular formula is C29H32N4. The third-order valence-corrected chi connectivity index (χ3v) is 7.90. The SMILES string of the molecule is CCC1(C)c2ccccc2N2c3nc4ccccc4nc3N(C3C=CC(C(C)(C)C)=CC3)C21. The highest BCUT2D eigenvalue weighted by Gasteiger charge is 2.57. The van der Waals surface area contributed by atoms with Crippen molar-refractivity contribution < 1.29 is 0 Å². The lowest BCUT2D eigenvalue weighted by molar-refractivity contribution is 0.366. The predicted octanol–water partition coefficient (Wildman–Crippen LogP) is 6.90. The number of nitrogens with zero attached hydrogens (tertiary/aromatic N) is 4. The van der Waals surface area contributed by atoms with Crippen LogP contribution in [0.15, 0.2) is 72.3 Å². The lowest BCUT2D eigenvalue weighted by atomic mass is 9.78. The molecule has 4 nitrogen and oxygen atoms in total. The van der Waals surface area contributed by atoms with Crippen LogP contribution in [0.1, 0.15) is 53.0 Å². The van der Waals surface area contributed by atoms with Crippen molar-refractivity contribution in [3.63, 3.8) is 0 Å². The number of benzene rings is 2. The average molecular weight is 437 g/mol. The van der Waals surface area contributed by atoms with Crippen molar-refractivity contribution >= 4 is 28.4 Å². The van der Waals surface area contributed by atoms with Crippen LogP contribution in [0.4, 0.5) is 17.3 Å². The first-order valence-corrected chi connectivity index (χ1v) is 12.2. The summed E-state index contributed by atoms with van der Waals surface area (Å²) in [7, 11) is 0. The Labute approximate surface area is 196 Å². The summed E-state index contributed by atoms with van der Waals surface area (Å²) in [5, 5.41) is 0. The summed E-state index contributed by atoms with van der Waals surface area (Å²) < 4.78 is 0. The van der Waals surface area contributed by atoms with Crippen molar-refractivity contribution in [2.24, 2.45) is 5.41 Å². The van der Waals surface area contributed by atoms with Gasteiger partial charge in [-0.25, -0.2) is 9.97 Å².